The molecule has 0 N–H and O–H groups in total. The van der Waals surface area contributed by atoms with Gasteiger partial charge in [0.2, 0.25) is 12.3 Å². The average molecular weight is 562 g/mol. The molecule has 3 heterocycles. The lowest BCUT2D eigenvalue weighted by Gasteiger charge is -2.42. The number of nitrogens with zero attached hydrogens (tertiary/aromatic N) is 5. The van der Waals surface area contributed by atoms with Crippen molar-refractivity contribution in [1.29, 1.82) is 0 Å². The minimum absolute atomic E-state index is 0.122. The van der Waals surface area contributed by atoms with Crippen LogP contribution in [0.3, 0.4) is 0 Å². The number of halogens is 4. The first-order chi connectivity index (χ1) is 19.3. The highest BCUT2D eigenvalue weighted by Gasteiger charge is 2.29. The maximum atomic E-state index is 15.1. The molecule has 2 aliphatic rings. The summed E-state index contributed by atoms with van der Waals surface area (Å²) in [7, 11) is 1.93. The van der Waals surface area contributed by atoms with Gasteiger partial charge in [-0.25, -0.2) is 8.78 Å². The molecule has 5 rings (SSSR count). The Morgan fingerprint density at radius 1 is 1.02 bits per heavy atom. The van der Waals surface area contributed by atoms with Crippen LogP contribution in [0.4, 0.5) is 28.9 Å². The van der Waals surface area contributed by atoms with Gasteiger partial charge < -0.3 is 23.9 Å². The molecule has 8 nitrogen and oxygen atoms in total. The van der Waals surface area contributed by atoms with Crippen molar-refractivity contribution in [3.8, 4) is 11.5 Å². The molecule has 0 spiro atoms. The molecule has 1 amide bonds. The molecule has 2 fully saturated rings. The maximum Gasteiger partial charge on any atom is 0.314 e. The minimum Gasteiger partial charge on any atom is -0.415 e. The van der Waals surface area contributed by atoms with Crippen LogP contribution in [0.25, 0.3) is 11.5 Å². The molecule has 214 valence electrons. The largest absolute Gasteiger partial charge is 0.415 e. The number of carbonyl (C=O) groups is 1. The van der Waals surface area contributed by atoms with Gasteiger partial charge in [0.15, 0.2) is 0 Å². The summed E-state index contributed by atoms with van der Waals surface area (Å²) < 4.78 is 65.4. The van der Waals surface area contributed by atoms with Crippen LogP contribution in [-0.2, 0) is 16.1 Å². The summed E-state index contributed by atoms with van der Waals surface area (Å²) in [6.07, 6.45) is 1.53. The fourth-order valence-corrected chi connectivity index (χ4v) is 5.52. The number of anilines is 2. The third-order valence-corrected chi connectivity index (χ3v) is 7.78. The van der Waals surface area contributed by atoms with Gasteiger partial charge in [-0.05, 0) is 56.0 Å². The van der Waals surface area contributed by atoms with E-state index in [1.165, 1.54) is 29.2 Å². The summed E-state index contributed by atoms with van der Waals surface area (Å²) in [6.45, 7) is 3.32. The Morgan fingerprint density at radius 3 is 2.42 bits per heavy atom. The fraction of sp³-hybridized carbons (Fsp3) is 0.464. The highest BCUT2D eigenvalue weighted by atomic mass is 19.3. The molecular formula is C28H31F4N5O3. The second kappa shape index (κ2) is 12.3. The van der Waals surface area contributed by atoms with E-state index in [9.17, 15) is 18.0 Å². The first-order valence-electron chi connectivity index (χ1n) is 13.3. The molecule has 2 aromatic carbocycles. The summed E-state index contributed by atoms with van der Waals surface area (Å²) in [6, 6.07) is 8.92. The Hall–Kier alpha value is -3.51. The third kappa shape index (κ3) is 6.12. The van der Waals surface area contributed by atoms with Crippen molar-refractivity contribution in [1.82, 2.24) is 15.1 Å². The maximum absolute atomic E-state index is 15.1. The van der Waals surface area contributed by atoms with Gasteiger partial charge in [-0.15, -0.1) is 10.2 Å². The van der Waals surface area contributed by atoms with Crippen LogP contribution in [0.1, 0.15) is 43.6 Å². The van der Waals surface area contributed by atoms with Gasteiger partial charge in [-0.3, -0.25) is 4.79 Å². The van der Waals surface area contributed by atoms with E-state index >= 15 is 4.39 Å². The van der Waals surface area contributed by atoms with Crippen LogP contribution < -0.4 is 9.80 Å². The minimum atomic E-state index is -2.94. The van der Waals surface area contributed by atoms with Crippen LogP contribution in [0.2, 0.25) is 0 Å². The molecule has 2 aliphatic heterocycles. The average Bonchev–Trinajstić information content (AvgIpc) is 3.48. The number of piperidine rings is 1. The summed E-state index contributed by atoms with van der Waals surface area (Å²) in [5, 5.41) is 6.79. The summed E-state index contributed by atoms with van der Waals surface area (Å²) in [5.74, 6) is -2.32. The molecule has 0 unspecified atom stereocenters. The number of carbonyl (C=O) groups excluding carboxylic acids is 1. The predicted molar refractivity (Wildman–Crippen MR) is 140 cm³/mol. The lowest BCUT2D eigenvalue weighted by atomic mass is 9.98. The Balaban J connectivity index is 1.31. The molecule has 40 heavy (non-hydrogen) atoms. The number of amides is 1. The van der Waals surface area contributed by atoms with E-state index < -0.39 is 24.0 Å². The van der Waals surface area contributed by atoms with E-state index in [-0.39, 0.29) is 29.6 Å². The van der Waals surface area contributed by atoms with Crippen molar-refractivity contribution < 1.29 is 31.5 Å². The van der Waals surface area contributed by atoms with Gasteiger partial charge in [0, 0.05) is 56.6 Å². The number of rotatable bonds is 9. The molecule has 0 saturated carbocycles. The Kier molecular flexibility index (Phi) is 8.65. The van der Waals surface area contributed by atoms with E-state index in [0.717, 1.165) is 58.1 Å². The Labute approximate surface area is 229 Å². The highest BCUT2D eigenvalue weighted by molar-refractivity contribution is 5.84. The standard InChI is InChI=1S/C28H31F4N5O3/c1-35(21-6-10-36(11-7-21)22-8-12-39-13-9-22)24-5-4-20(29)15-25(24)37(17-38)16-19-3-2-18(14-23(19)30)27-33-34-28(40-27)26(31)32/h2-5,14-15,17,21-22,26H,6-13,16H2,1H3. The zero-order valence-electron chi connectivity index (χ0n) is 22.1. The van der Waals surface area contributed by atoms with Gasteiger partial charge in [0.25, 0.3) is 5.89 Å². The van der Waals surface area contributed by atoms with Gasteiger partial charge in [-0.1, -0.05) is 6.07 Å². The van der Waals surface area contributed by atoms with Crippen LogP contribution in [0, 0.1) is 11.6 Å². The quantitative estimate of drug-likeness (QED) is 0.263. The second-order valence-electron chi connectivity index (χ2n) is 10.1. The van der Waals surface area contributed by atoms with E-state index in [0.29, 0.717) is 23.8 Å². The highest BCUT2D eigenvalue weighted by Crippen LogP contribution is 2.34. The molecule has 1 aromatic heterocycles. The lowest BCUT2D eigenvalue weighted by Crippen LogP contribution is -2.48. The van der Waals surface area contributed by atoms with Gasteiger partial charge >= 0.3 is 6.43 Å². The zero-order chi connectivity index (χ0) is 28.2. The number of aromatic nitrogens is 2. The van der Waals surface area contributed by atoms with Crippen molar-refractivity contribution in [2.45, 2.75) is 50.7 Å². The molecule has 2 saturated heterocycles. The molecule has 3 aromatic rings. The van der Waals surface area contributed by atoms with Crippen LogP contribution in [-0.4, -0.2) is 66.9 Å². The van der Waals surface area contributed by atoms with E-state index in [2.05, 4.69) is 20.0 Å². The van der Waals surface area contributed by atoms with E-state index in [1.807, 2.05) is 7.05 Å². The smallest absolute Gasteiger partial charge is 0.314 e. The number of likely N-dealkylation sites (tertiary alicyclic amines) is 1. The summed E-state index contributed by atoms with van der Waals surface area (Å²) in [4.78, 5) is 18.0. The number of hydrogen-bond acceptors (Lipinski definition) is 7. The summed E-state index contributed by atoms with van der Waals surface area (Å²) in [5.41, 5.74) is 1.26. The third-order valence-electron chi connectivity index (χ3n) is 7.78. The van der Waals surface area contributed by atoms with E-state index in [4.69, 9.17) is 9.15 Å². The monoisotopic (exact) mass is 561 g/mol. The first-order valence-corrected chi connectivity index (χ1v) is 13.3. The van der Waals surface area contributed by atoms with Gasteiger partial charge in [0.05, 0.1) is 17.9 Å². The SMILES string of the molecule is CN(c1ccc(F)cc1N(C=O)Cc1ccc(-c2nnc(C(F)F)o2)cc1F)C1CCN(C2CCOCC2)CC1. The van der Waals surface area contributed by atoms with Crippen LogP contribution in [0.5, 0.6) is 0 Å². The van der Waals surface area contributed by atoms with Crippen LogP contribution in [0.15, 0.2) is 40.8 Å². The van der Waals surface area contributed by atoms with Crippen LogP contribution >= 0.6 is 0 Å². The second-order valence-corrected chi connectivity index (χ2v) is 10.1. The fourth-order valence-electron chi connectivity index (χ4n) is 5.52. The Morgan fingerprint density at radius 2 is 1.77 bits per heavy atom. The first kappa shape index (κ1) is 28.0. The van der Waals surface area contributed by atoms with E-state index in [1.54, 1.807) is 6.07 Å². The number of ether oxygens (including phenoxy) is 1. The van der Waals surface area contributed by atoms with Crippen molar-refractivity contribution in [3.63, 3.8) is 0 Å². The molecule has 0 bridgehead atoms. The predicted octanol–water partition coefficient (Wildman–Crippen LogP) is 5.20. The molecular weight excluding hydrogens is 530 g/mol. The Bertz CT molecular complexity index is 1310. The van der Waals surface area contributed by atoms with Crippen molar-refractivity contribution >= 4 is 17.8 Å². The number of benzene rings is 2. The lowest BCUT2D eigenvalue weighted by molar-refractivity contribution is -0.107. The zero-order valence-corrected chi connectivity index (χ0v) is 22.1. The topological polar surface area (TPSA) is 74.9 Å². The van der Waals surface area contributed by atoms with Gasteiger partial charge in [0.1, 0.15) is 11.6 Å². The molecule has 0 atom stereocenters. The van der Waals surface area contributed by atoms with Crippen molar-refractivity contribution in [2.24, 2.45) is 0 Å². The number of hydrogen-bond donors (Lipinski definition) is 0. The van der Waals surface area contributed by atoms with Crippen molar-refractivity contribution in [3.05, 3.63) is 59.5 Å². The van der Waals surface area contributed by atoms with Gasteiger partial charge in [-0.2, -0.15) is 8.78 Å². The molecule has 12 heteroatoms. The molecule has 0 aliphatic carbocycles. The van der Waals surface area contributed by atoms with Crippen molar-refractivity contribution in [2.75, 3.05) is 43.2 Å². The molecule has 0 radical (unpaired) electrons. The normalized spacial score (nSPS) is 17.4. The number of alkyl halides is 2. The summed E-state index contributed by atoms with van der Waals surface area (Å²) >= 11 is 0.